The molecule has 0 bridgehead atoms. The molecule has 15 nitrogen and oxygen atoms in total. The number of halogens is 2. The number of hydrogen-bond acceptors (Lipinski definition) is 10. The predicted molar refractivity (Wildman–Crippen MR) is 197 cm³/mol. The van der Waals surface area contributed by atoms with Gasteiger partial charge in [0, 0.05) is 103 Å². The van der Waals surface area contributed by atoms with E-state index >= 15 is 0 Å². The lowest BCUT2D eigenvalue weighted by atomic mass is 10.3. The molecule has 3 aliphatic rings. The molecular weight excluding hydrogens is 752 g/mol. The summed E-state index contributed by atoms with van der Waals surface area (Å²) in [5.74, 6) is 3.13. The van der Waals surface area contributed by atoms with Crippen LogP contribution < -0.4 is 15.0 Å². The van der Waals surface area contributed by atoms with Crippen molar-refractivity contribution in [2.75, 3.05) is 14.2 Å². The van der Waals surface area contributed by atoms with Crippen molar-refractivity contribution in [2.45, 2.75) is 56.3 Å². The zero-order valence-corrected chi connectivity index (χ0v) is 30.6. The first-order valence-corrected chi connectivity index (χ1v) is 18.0. The highest BCUT2D eigenvalue weighted by molar-refractivity contribution is 9.10. The molecule has 8 heterocycles. The SMILES string of the molecule is COc1nccn2c(Br)cnc12.COc1nccn2c(C3CC3)cnc12.Clc1nccn2c(C3CC3)cnc12.O=c1[nH]ccn2c(C3CC3)cnc12. The van der Waals surface area contributed by atoms with Gasteiger partial charge in [0.05, 0.1) is 20.4 Å². The second-order valence-corrected chi connectivity index (χ2v) is 13.8. The number of H-pyrrole nitrogens is 1. The van der Waals surface area contributed by atoms with Crippen molar-refractivity contribution >= 4 is 50.1 Å². The Morgan fingerprint density at radius 3 is 1.62 bits per heavy atom. The number of methoxy groups -OCH3 is 2. The average Bonchev–Trinajstić information content (AvgIpc) is 4.15. The van der Waals surface area contributed by atoms with Crippen LogP contribution in [0.3, 0.4) is 0 Å². The maximum atomic E-state index is 11.3. The summed E-state index contributed by atoms with van der Waals surface area (Å²) in [6.07, 6.45) is 29.2. The van der Waals surface area contributed by atoms with Gasteiger partial charge in [0.1, 0.15) is 4.60 Å². The number of rotatable bonds is 5. The third kappa shape index (κ3) is 6.82. The first-order chi connectivity index (χ1) is 25.4. The molecule has 11 rings (SSSR count). The second-order valence-electron chi connectivity index (χ2n) is 12.6. The van der Waals surface area contributed by atoms with Crippen molar-refractivity contribution in [3.8, 4) is 11.8 Å². The van der Waals surface area contributed by atoms with E-state index in [-0.39, 0.29) is 5.56 Å². The molecule has 0 atom stereocenters. The zero-order chi connectivity index (χ0) is 35.8. The Labute approximate surface area is 309 Å². The number of aromatic nitrogens is 12. The quantitative estimate of drug-likeness (QED) is 0.211. The van der Waals surface area contributed by atoms with Crippen LogP contribution in [0.2, 0.25) is 5.15 Å². The zero-order valence-electron chi connectivity index (χ0n) is 28.3. The smallest absolute Gasteiger partial charge is 0.291 e. The van der Waals surface area contributed by atoms with E-state index in [2.05, 4.69) is 60.2 Å². The third-order valence-corrected chi connectivity index (χ3v) is 9.88. The lowest BCUT2D eigenvalue weighted by Gasteiger charge is -2.01. The third-order valence-electron chi connectivity index (χ3n) is 9.03. The van der Waals surface area contributed by atoms with Gasteiger partial charge < -0.3 is 14.5 Å². The molecular formula is C35H34BrClN12O3. The molecule has 3 fully saturated rings. The summed E-state index contributed by atoms with van der Waals surface area (Å²) >= 11 is 9.25. The summed E-state index contributed by atoms with van der Waals surface area (Å²) < 4.78 is 18.9. The van der Waals surface area contributed by atoms with Crippen molar-refractivity contribution in [3.63, 3.8) is 0 Å². The van der Waals surface area contributed by atoms with Crippen LogP contribution in [0.4, 0.5) is 0 Å². The summed E-state index contributed by atoms with van der Waals surface area (Å²) in [7, 11) is 3.19. The Bertz CT molecular complexity index is 2560. The summed E-state index contributed by atoms with van der Waals surface area (Å²) in [6.45, 7) is 0. The van der Waals surface area contributed by atoms with Gasteiger partial charge >= 0.3 is 0 Å². The van der Waals surface area contributed by atoms with Crippen molar-refractivity contribution in [3.05, 3.63) is 112 Å². The summed E-state index contributed by atoms with van der Waals surface area (Å²) in [6, 6.07) is 0. The second kappa shape index (κ2) is 14.3. The molecule has 8 aromatic rings. The number of nitrogens with one attached hydrogen (secondary N) is 1. The van der Waals surface area contributed by atoms with Crippen LogP contribution in [0.5, 0.6) is 11.8 Å². The maximum Gasteiger partial charge on any atom is 0.291 e. The van der Waals surface area contributed by atoms with Crippen LogP contribution in [0.25, 0.3) is 22.6 Å². The van der Waals surface area contributed by atoms with Gasteiger partial charge in [-0.2, -0.15) is 0 Å². The van der Waals surface area contributed by atoms with Crippen LogP contribution in [0.1, 0.15) is 73.4 Å². The highest BCUT2D eigenvalue weighted by Gasteiger charge is 2.28. The van der Waals surface area contributed by atoms with Gasteiger partial charge in [0.25, 0.3) is 17.3 Å². The molecule has 0 radical (unpaired) electrons. The number of fused-ring (bicyclic) bond motifs is 4. The van der Waals surface area contributed by atoms with Gasteiger partial charge in [-0.3, -0.25) is 22.4 Å². The summed E-state index contributed by atoms with van der Waals surface area (Å²) in [5, 5.41) is 0.481. The highest BCUT2D eigenvalue weighted by Crippen LogP contribution is 2.41. The topological polar surface area (TPSA) is 159 Å². The molecule has 8 aromatic heterocycles. The Morgan fingerprint density at radius 2 is 1.06 bits per heavy atom. The molecule has 0 unspecified atom stereocenters. The Balaban J connectivity index is 0.0000000993. The van der Waals surface area contributed by atoms with Crippen LogP contribution in [-0.2, 0) is 0 Å². The molecule has 0 spiro atoms. The number of ether oxygens (including phenoxy) is 2. The average molecular weight is 786 g/mol. The van der Waals surface area contributed by atoms with Gasteiger partial charge in [-0.25, -0.2) is 34.9 Å². The number of hydrogen-bond donors (Lipinski definition) is 1. The standard InChI is InChI=1S/C10H11N3O.C9H8ClN3.C9H9N3O.C7H6BrN3O/c1-14-10-9-12-6-8(7-2-3-7)13(9)5-4-11-10;10-8-9-12-5-7(6-1-2-6)13(9)4-3-11-8;13-9-8-11-5-7(6-1-2-6)12(8)4-3-10-9;1-12-7-6-10-4-5(8)11(6)3-2-9-7/h4-7H,2-3H2,1H3;3-6H,1-2H2;3-6H,1-2H2,(H,10,13);2-4H,1H3. The van der Waals surface area contributed by atoms with Crippen molar-refractivity contribution in [1.82, 2.24) is 57.5 Å². The van der Waals surface area contributed by atoms with E-state index in [0.717, 1.165) is 15.9 Å². The van der Waals surface area contributed by atoms with Gasteiger partial charge in [-0.15, -0.1) is 0 Å². The Hall–Kier alpha value is -5.35. The minimum atomic E-state index is -0.116. The van der Waals surface area contributed by atoms with E-state index in [1.54, 1.807) is 45.2 Å². The largest absolute Gasteiger partial charge is 0.478 e. The lowest BCUT2D eigenvalue weighted by molar-refractivity contribution is 0.400. The molecule has 0 aromatic carbocycles. The van der Waals surface area contributed by atoms with E-state index in [0.29, 0.717) is 46.0 Å². The van der Waals surface area contributed by atoms with Crippen LogP contribution in [0, 0.1) is 0 Å². The van der Waals surface area contributed by atoms with Gasteiger partial charge in [0.2, 0.25) is 16.9 Å². The molecule has 3 saturated carbocycles. The molecule has 3 aliphatic carbocycles. The van der Waals surface area contributed by atoms with Gasteiger partial charge in [0.15, 0.2) is 10.8 Å². The normalized spacial score (nSPS) is 15.1. The van der Waals surface area contributed by atoms with Crippen LogP contribution in [-0.4, -0.2) is 71.7 Å². The summed E-state index contributed by atoms with van der Waals surface area (Å²) in [5.41, 5.74) is 6.40. The molecule has 17 heteroatoms. The van der Waals surface area contributed by atoms with E-state index in [9.17, 15) is 4.79 Å². The fourth-order valence-corrected chi connectivity index (χ4v) is 6.55. The number of imidazole rings is 4. The Morgan fingerprint density at radius 1 is 0.615 bits per heavy atom. The fraction of sp³-hybridized carbons (Fsp3) is 0.314. The molecule has 266 valence electrons. The maximum absolute atomic E-state index is 11.3. The lowest BCUT2D eigenvalue weighted by Crippen LogP contribution is -2.09. The number of nitrogens with zero attached hydrogens (tertiary/aromatic N) is 11. The number of aromatic amines is 1. The van der Waals surface area contributed by atoms with Crippen molar-refractivity contribution in [1.29, 1.82) is 0 Å². The van der Waals surface area contributed by atoms with Crippen LogP contribution >= 0.6 is 27.5 Å². The molecule has 0 aliphatic heterocycles. The minimum absolute atomic E-state index is 0.116. The Kier molecular flexibility index (Phi) is 9.32. The van der Waals surface area contributed by atoms with Crippen molar-refractivity contribution in [2.24, 2.45) is 0 Å². The highest BCUT2D eigenvalue weighted by atomic mass is 79.9. The monoisotopic (exact) mass is 784 g/mol. The molecule has 52 heavy (non-hydrogen) atoms. The summed E-state index contributed by atoms with van der Waals surface area (Å²) in [4.78, 5) is 42.8. The van der Waals surface area contributed by atoms with Crippen molar-refractivity contribution < 1.29 is 9.47 Å². The molecule has 0 amide bonds. The minimum Gasteiger partial charge on any atom is -0.478 e. The molecule has 0 saturated heterocycles. The first kappa shape index (κ1) is 33.8. The predicted octanol–water partition coefficient (Wildman–Crippen LogP) is 6.28. The van der Waals surface area contributed by atoms with E-state index in [1.807, 2.05) is 56.6 Å². The van der Waals surface area contributed by atoms with Gasteiger partial charge in [-0.05, 0) is 54.5 Å². The van der Waals surface area contributed by atoms with E-state index < -0.39 is 0 Å². The molecule has 1 N–H and O–H groups in total. The first-order valence-electron chi connectivity index (χ1n) is 16.8. The van der Waals surface area contributed by atoms with E-state index in [4.69, 9.17) is 21.1 Å². The van der Waals surface area contributed by atoms with E-state index in [1.165, 1.54) is 55.6 Å². The fourth-order valence-electron chi connectivity index (χ4n) is 5.97. The van der Waals surface area contributed by atoms with Gasteiger partial charge in [-0.1, -0.05) is 11.6 Å². The van der Waals surface area contributed by atoms with Crippen LogP contribution in [0.15, 0.2) is 83.8 Å².